The fourth-order valence-corrected chi connectivity index (χ4v) is 0.552. The third-order valence-electron chi connectivity index (χ3n) is 0.677. The topological polar surface area (TPSA) is 38.3 Å². The molecule has 0 rings (SSSR count). The van der Waals surface area contributed by atoms with Crippen LogP contribution in [0, 0.1) is 0 Å². The average molecular weight is 178 g/mol. The molecular weight excluding hydrogens is 170 g/mol. The minimum atomic E-state index is -0.294. The molecule has 0 spiro atoms. The molecule has 0 radical (unpaired) electrons. The largest absolute Gasteiger partial charge is 0.464 e. The zero-order valence-electron chi connectivity index (χ0n) is 5.55. The van der Waals surface area contributed by atoms with Gasteiger partial charge in [0.15, 0.2) is 0 Å². The van der Waals surface area contributed by atoms with Crippen molar-refractivity contribution in [2.75, 3.05) is 13.2 Å². The average Bonchev–Trinajstić information content (AvgIpc) is 1.79. The van der Waals surface area contributed by atoms with E-state index in [0.717, 1.165) is 0 Å². The van der Waals surface area contributed by atoms with Crippen molar-refractivity contribution in [3.8, 4) is 0 Å². The number of rotatable bonds is 3. The van der Waals surface area contributed by atoms with E-state index in [1.165, 1.54) is 6.92 Å². The van der Waals surface area contributed by atoms with Gasteiger partial charge in [-0.05, 0) is 0 Å². The highest BCUT2D eigenvalue weighted by atomic mass is 32.1. The first kappa shape index (κ1) is 9.58. The van der Waals surface area contributed by atoms with Crippen molar-refractivity contribution in [1.82, 2.24) is 5.32 Å². The molecule has 0 atom stereocenters. The maximum Gasteiger partial charge on any atom is 0.302 e. The number of thiocarbonyl (C=S) groups is 1. The Morgan fingerprint density at radius 2 is 2.40 bits per heavy atom. The Kier molecular flexibility index (Phi) is 5.15. The molecule has 58 valence electrons. The van der Waals surface area contributed by atoms with E-state index in [1.54, 1.807) is 0 Å². The van der Waals surface area contributed by atoms with Gasteiger partial charge in [0.1, 0.15) is 6.61 Å². The quantitative estimate of drug-likeness (QED) is 0.284. The summed E-state index contributed by atoms with van der Waals surface area (Å²) >= 11 is 9.08. The molecule has 1 N–H and O–H groups in total. The summed E-state index contributed by atoms with van der Waals surface area (Å²) in [6, 6.07) is 0. The van der Waals surface area contributed by atoms with Crippen molar-refractivity contribution >= 4 is 35.1 Å². The maximum atomic E-state index is 10.2. The van der Waals surface area contributed by atoms with Gasteiger partial charge in [-0.3, -0.25) is 4.79 Å². The van der Waals surface area contributed by atoms with Crippen LogP contribution in [0.15, 0.2) is 0 Å². The third-order valence-corrected chi connectivity index (χ3v) is 0.965. The maximum absolute atomic E-state index is 10.2. The van der Waals surface area contributed by atoms with E-state index in [-0.39, 0.29) is 5.97 Å². The molecule has 0 aliphatic heterocycles. The summed E-state index contributed by atoms with van der Waals surface area (Å²) in [6.07, 6.45) is 0. The summed E-state index contributed by atoms with van der Waals surface area (Å²) in [5, 5.41) is 2.67. The molecule has 0 saturated heterocycles. The lowest BCUT2D eigenvalue weighted by atomic mass is 10.7. The van der Waals surface area contributed by atoms with Crippen molar-refractivity contribution in [2.45, 2.75) is 6.92 Å². The van der Waals surface area contributed by atoms with Crippen LogP contribution in [0.2, 0.25) is 0 Å². The standard InChI is InChI=1S/C5H9NO2S2/c1-4(7)8-3-2-6-5(9)10/h2-3H2,1H3,(H2,6,9,10)/p-1. The fraction of sp³-hybridized carbons (Fsp3) is 0.600. The van der Waals surface area contributed by atoms with Gasteiger partial charge in [0, 0.05) is 13.5 Å². The van der Waals surface area contributed by atoms with Gasteiger partial charge in [-0.15, -0.1) is 0 Å². The second kappa shape index (κ2) is 5.37. The highest BCUT2D eigenvalue weighted by Crippen LogP contribution is 1.74. The van der Waals surface area contributed by atoms with Crippen LogP contribution in [0.25, 0.3) is 0 Å². The van der Waals surface area contributed by atoms with Gasteiger partial charge in [-0.1, -0.05) is 4.32 Å². The van der Waals surface area contributed by atoms with Gasteiger partial charge in [-0.2, -0.15) is 0 Å². The lowest BCUT2D eigenvalue weighted by molar-refractivity contribution is -0.140. The third kappa shape index (κ3) is 7.58. The molecule has 5 heteroatoms. The molecule has 0 fully saturated rings. The Bertz CT molecular complexity index is 122. The predicted molar refractivity (Wildman–Crippen MR) is 44.6 cm³/mol. The van der Waals surface area contributed by atoms with Crippen LogP contribution in [-0.2, 0) is 22.2 Å². The minimum absolute atomic E-state index is 0.294. The summed E-state index contributed by atoms with van der Waals surface area (Å²) in [7, 11) is 0. The first-order chi connectivity index (χ1) is 4.63. The lowest BCUT2D eigenvalue weighted by Gasteiger charge is -2.08. The van der Waals surface area contributed by atoms with Crippen molar-refractivity contribution in [3.63, 3.8) is 0 Å². The molecule has 0 aromatic heterocycles. The summed E-state index contributed by atoms with van der Waals surface area (Å²) < 4.78 is 4.88. The zero-order chi connectivity index (χ0) is 7.98. The predicted octanol–water partition coefficient (Wildman–Crippen LogP) is -0.0291. The molecular formula is C5H8NO2S2-. The smallest absolute Gasteiger partial charge is 0.302 e. The van der Waals surface area contributed by atoms with Crippen LogP contribution in [0.3, 0.4) is 0 Å². The molecule has 0 aromatic carbocycles. The summed E-state index contributed by atoms with van der Waals surface area (Å²) in [4.78, 5) is 10.2. The van der Waals surface area contributed by atoms with E-state index in [2.05, 4.69) is 34.9 Å². The van der Waals surface area contributed by atoms with Crippen molar-refractivity contribution in [3.05, 3.63) is 0 Å². The number of ether oxygens (including phenoxy) is 1. The first-order valence-electron chi connectivity index (χ1n) is 2.71. The van der Waals surface area contributed by atoms with Crippen molar-refractivity contribution in [1.29, 1.82) is 0 Å². The van der Waals surface area contributed by atoms with Crippen molar-refractivity contribution in [2.24, 2.45) is 0 Å². The van der Waals surface area contributed by atoms with E-state index < -0.39 is 0 Å². The molecule has 3 nitrogen and oxygen atoms in total. The van der Waals surface area contributed by atoms with E-state index in [0.29, 0.717) is 17.5 Å². The van der Waals surface area contributed by atoms with E-state index in [9.17, 15) is 4.79 Å². The van der Waals surface area contributed by atoms with Crippen LogP contribution in [0.5, 0.6) is 0 Å². The molecule has 0 unspecified atom stereocenters. The number of hydrogen-bond acceptors (Lipinski definition) is 4. The van der Waals surface area contributed by atoms with Gasteiger partial charge in [0.05, 0.1) is 0 Å². The molecule has 0 amide bonds. The van der Waals surface area contributed by atoms with Crippen LogP contribution in [0.4, 0.5) is 0 Å². The Labute approximate surface area is 70.5 Å². The second-order valence-electron chi connectivity index (χ2n) is 1.55. The van der Waals surface area contributed by atoms with Crippen LogP contribution in [0.1, 0.15) is 6.92 Å². The Hall–Kier alpha value is -0.420. The van der Waals surface area contributed by atoms with Crippen molar-refractivity contribution < 1.29 is 9.53 Å². The lowest BCUT2D eigenvalue weighted by Crippen LogP contribution is -2.24. The van der Waals surface area contributed by atoms with Crippen LogP contribution in [-0.4, -0.2) is 23.4 Å². The molecule has 0 bridgehead atoms. The van der Waals surface area contributed by atoms with E-state index >= 15 is 0 Å². The summed E-state index contributed by atoms with van der Waals surface area (Å²) in [5.74, 6) is -0.294. The van der Waals surface area contributed by atoms with E-state index in [1.807, 2.05) is 0 Å². The highest BCUT2D eigenvalue weighted by Gasteiger charge is 1.88. The molecule has 0 aliphatic carbocycles. The number of carbonyl (C=O) groups is 1. The molecule has 10 heavy (non-hydrogen) atoms. The fourth-order valence-electron chi connectivity index (χ4n) is 0.348. The number of nitrogens with one attached hydrogen (secondary N) is 1. The Morgan fingerprint density at radius 3 is 2.80 bits per heavy atom. The van der Waals surface area contributed by atoms with E-state index in [4.69, 9.17) is 0 Å². The van der Waals surface area contributed by atoms with Crippen LogP contribution >= 0.6 is 12.2 Å². The first-order valence-corrected chi connectivity index (χ1v) is 3.53. The van der Waals surface area contributed by atoms with Gasteiger partial charge in [-0.25, -0.2) is 0 Å². The Balaban J connectivity index is 3.06. The minimum Gasteiger partial charge on any atom is -0.464 e. The monoisotopic (exact) mass is 178 g/mol. The molecule has 0 aromatic rings. The SMILES string of the molecule is CC(=O)OCCNC(=S)[S-]. The Morgan fingerprint density at radius 1 is 1.80 bits per heavy atom. The van der Waals surface area contributed by atoms with Gasteiger partial charge >= 0.3 is 5.97 Å². The van der Waals surface area contributed by atoms with Gasteiger partial charge in [0.2, 0.25) is 0 Å². The van der Waals surface area contributed by atoms with Gasteiger partial charge in [0.25, 0.3) is 0 Å². The second-order valence-corrected chi connectivity index (χ2v) is 2.63. The van der Waals surface area contributed by atoms with Crippen LogP contribution < -0.4 is 5.32 Å². The number of esters is 1. The zero-order valence-corrected chi connectivity index (χ0v) is 7.18. The highest BCUT2D eigenvalue weighted by molar-refractivity contribution is 8.00. The van der Waals surface area contributed by atoms with Gasteiger partial charge < -0.3 is 34.9 Å². The number of hydrogen-bond donors (Lipinski definition) is 1. The molecule has 0 saturated carbocycles. The molecule has 0 heterocycles. The normalized spacial score (nSPS) is 8.50. The summed E-state index contributed by atoms with van der Waals surface area (Å²) in [5.41, 5.74) is 0. The summed E-state index contributed by atoms with van der Waals surface area (Å²) in [6.45, 7) is 2.15. The molecule has 0 aliphatic rings. The number of carbonyl (C=O) groups excluding carboxylic acids is 1.